The van der Waals surface area contributed by atoms with Crippen molar-refractivity contribution in [3.63, 3.8) is 0 Å². The Morgan fingerprint density at radius 2 is 2.06 bits per heavy atom. The van der Waals surface area contributed by atoms with E-state index in [4.69, 9.17) is 11.6 Å². The first kappa shape index (κ1) is 17.8. The molecule has 0 aromatic carbocycles. The van der Waals surface area contributed by atoms with Crippen LogP contribution in [0.1, 0.15) is 24.6 Å². The molecular weight excluding hydrogens is 298 g/mol. The molecule has 3 atom stereocenters. The van der Waals surface area contributed by atoms with Crippen molar-refractivity contribution in [3.05, 3.63) is 23.0 Å². The Morgan fingerprint density at radius 1 is 1.28 bits per heavy atom. The highest BCUT2D eigenvalue weighted by Crippen LogP contribution is 2.31. The normalized spacial score (nSPS) is 28.6. The van der Waals surface area contributed by atoms with E-state index < -0.39 is 0 Å². The molecule has 1 aromatic rings. The maximum Gasteiger partial charge on any atom is 0.151 e. The number of hydrogen-bond acceptors (Lipinski definition) is 4. The molecule has 2 bridgehead atoms. The van der Waals surface area contributed by atoms with Crippen molar-refractivity contribution in [2.24, 2.45) is 5.92 Å². The Kier molecular flexibility index (Phi) is 7.36. The average Bonchev–Trinajstić information content (AvgIpc) is 2.59. The summed E-state index contributed by atoms with van der Waals surface area (Å²) in [5, 5.41) is 10.8. The van der Waals surface area contributed by atoms with E-state index >= 15 is 0 Å². The Bertz CT molecular complexity index is 353. The highest BCUT2D eigenvalue weighted by atomic mass is 35.5. The summed E-state index contributed by atoms with van der Waals surface area (Å²) < 4.78 is 0. The van der Waals surface area contributed by atoms with Gasteiger partial charge in [-0.3, -0.25) is 0 Å². The van der Waals surface area contributed by atoms with Crippen LogP contribution in [0, 0.1) is 5.92 Å². The van der Waals surface area contributed by atoms with Crippen LogP contribution in [-0.4, -0.2) is 33.8 Å². The number of nitrogens with one attached hydrogen (secondary N) is 1. The van der Waals surface area contributed by atoms with Crippen LogP contribution in [0.15, 0.2) is 12.1 Å². The maximum atomic E-state index is 5.72. The van der Waals surface area contributed by atoms with Crippen LogP contribution in [0.25, 0.3) is 0 Å². The lowest BCUT2D eigenvalue weighted by molar-refractivity contribution is 0.140. The minimum atomic E-state index is 0. The molecule has 3 heterocycles. The third-order valence-electron chi connectivity index (χ3n) is 3.20. The fraction of sp³-hybridized carbons (Fsp3) is 0.600. The first-order valence-corrected chi connectivity index (χ1v) is 5.69. The molecule has 0 aliphatic carbocycles. The lowest BCUT2D eigenvalue weighted by atomic mass is 9.96. The molecule has 104 valence electrons. The quantitative estimate of drug-likeness (QED) is 0.850. The van der Waals surface area contributed by atoms with Gasteiger partial charge >= 0.3 is 0 Å². The molecule has 3 rings (SSSR count). The first-order chi connectivity index (χ1) is 7.31. The van der Waals surface area contributed by atoms with Gasteiger partial charge in [0.1, 0.15) is 0 Å². The summed E-state index contributed by atoms with van der Waals surface area (Å²) in [6.07, 6.45) is 2.46. The number of nitrogens with zero attached hydrogens (tertiary/aromatic N) is 3. The lowest BCUT2D eigenvalue weighted by Gasteiger charge is -2.30. The summed E-state index contributed by atoms with van der Waals surface area (Å²) in [6.45, 7) is 2.33. The van der Waals surface area contributed by atoms with Crippen LogP contribution >= 0.6 is 36.4 Å². The van der Waals surface area contributed by atoms with Crippen LogP contribution in [0.4, 0.5) is 0 Å². The second kappa shape index (κ2) is 7.43. The SMILES string of the molecule is Cl.Cl.Clc1ccc(C2CC3CCN(C3)N2)nn1.O. The van der Waals surface area contributed by atoms with E-state index in [9.17, 15) is 0 Å². The van der Waals surface area contributed by atoms with Crippen molar-refractivity contribution in [2.75, 3.05) is 13.1 Å². The molecule has 0 saturated carbocycles. The first-order valence-electron chi connectivity index (χ1n) is 5.31. The second-order valence-electron chi connectivity index (χ2n) is 4.30. The molecule has 2 fully saturated rings. The van der Waals surface area contributed by atoms with Crippen LogP contribution in [0.5, 0.6) is 0 Å². The summed E-state index contributed by atoms with van der Waals surface area (Å²) >= 11 is 5.72. The monoisotopic (exact) mass is 314 g/mol. The van der Waals surface area contributed by atoms with E-state index in [-0.39, 0.29) is 30.3 Å². The van der Waals surface area contributed by atoms with Crippen LogP contribution < -0.4 is 5.43 Å². The average molecular weight is 316 g/mol. The Labute approximate surface area is 123 Å². The summed E-state index contributed by atoms with van der Waals surface area (Å²) in [7, 11) is 0. The van der Waals surface area contributed by atoms with Gasteiger partial charge in [0, 0.05) is 13.1 Å². The Balaban J connectivity index is 0.000000963. The molecule has 18 heavy (non-hydrogen) atoms. The van der Waals surface area contributed by atoms with Gasteiger partial charge in [-0.05, 0) is 30.9 Å². The molecule has 0 amide bonds. The van der Waals surface area contributed by atoms with Gasteiger partial charge in [-0.2, -0.15) is 5.10 Å². The Hall–Kier alpha value is -0.170. The van der Waals surface area contributed by atoms with E-state index in [2.05, 4.69) is 20.6 Å². The van der Waals surface area contributed by atoms with Crippen molar-refractivity contribution in [1.82, 2.24) is 20.6 Å². The van der Waals surface area contributed by atoms with Crippen LogP contribution in [0.3, 0.4) is 0 Å². The molecule has 5 nitrogen and oxygen atoms in total. The molecule has 8 heteroatoms. The van der Waals surface area contributed by atoms with E-state index in [0.717, 1.165) is 24.6 Å². The van der Waals surface area contributed by atoms with E-state index in [0.29, 0.717) is 11.2 Å². The predicted octanol–water partition coefficient (Wildman–Crippen LogP) is 1.42. The third-order valence-corrected chi connectivity index (χ3v) is 3.40. The van der Waals surface area contributed by atoms with Gasteiger partial charge in [0.15, 0.2) is 5.15 Å². The zero-order valence-corrected chi connectivity index (χ0v) is 12.1. The topological polar surface area (TPSA) is 72.5 Å². The molecule has 2 aliphatic rings. The smallest absolute Gasteiger partial charge is 0.151 e. The van der Waals surface area contributed by atoms with Crippen molar-refractivity contribution in [2.45, 2.75) is 18.9 Å². The van der Waals surface area contributed by atoms with E-state index in [1.54, 1.807) is 6.07 Å². The number of rotatable bonds is 1. The fourth-order valence-corrected chi connectivity index (χ4v) is 2.55. The van der Waals surface area contributed by atoms with Gasteiger partial charge in [-0.1, -0.05) is 11.6 Å². The van der Waals surface area contributed by atoms with Gasteiger partial charge in [-0.25, -0.2) is 10.4 Å². The minimum absolute atomic E-state index is 0. The summed E-state index contributed by atoms with van der Waals surface area (Å²) in [4.78, 5) is 0. The summed E-state index contributed by atoms with van der Waals surface area (Å²) in [5.41, 5.74) is 4.46. The highest BCUT2D eigenvalue weighted by Gasteiger charge is 2.33. The molecule has 2 saturated heterocycles. The summed E-state index contributed by atoms with van der Waals surface area (Å²) in [6, 6.07) is 4.08. The predicted molar refractivity (Wildman–Crippen MR) is 75.3 cm³/mol. The molecule has 0 spiro atoms. The van der Waals surface area contributed by atoms with Crippen molar-refractivity contribution >= 4 is 36.4 Å². The molecule has 2 aliphatic heterocycles. The van der Waals surface area contributed by atoms with Gasteiger partial charge in [0.2, 0.25) is 0 Å². The largest absolute Gasteiger partial charge is 0.412 e. The van der Waals surface area contributed by atoms with Gasteiger partial charge in [0.05, 0.1) is 11.7 Å². The van der Waals surface area contributed by atoms with Crippen molar-refractivity contribution in [1.29, 1.82) is 0 Å². The molecule has 0 radical (unpaired) electrons. The van der Waals surface area contributed by atoms with Crippen molar-refractivity contribution < 1.29 is 5.48 Å². The number of hydrazine groups is 1. The van der Waals surface area contributed by atoms with E-state index in [1.165, 1.54) is 13.0 Å². The van der Waals surface area contributed by atoms with E-state index in [1.807, 2.05) is 6.07 Å². The maximum absolute atomic E-state index is 5.72. The Morgan fingerprint density at radius 3 is 2.67 bits per heavy atom. The second-order valence-corrected chi connectivity index (χ2v) is 4.69. The standard InChI is InChI=1S/C10H13ClN4.2ClH.H2O/c11-10-2-1-8(12-13-10)9-5-7-3-4-15(6-7)14-9;;;/h1-2,7,9,14H,3-6H2;2*1H;1H2. The summed E-state index contributed by atoms with van der Waals surface area (Å²) in [5.74, 6) is 0.814. The molecule has 3 unspecified atom stereocenters. The number of halogens is 3. The molecule has 1 aromatic heterocycles. The van der Waals surface area contributed by atoms with Crippen molar-refractivity contribution in [3.8, 4) is 0 Å². The van der Waals surface area contributed by atoms with Crippen LogP contribution in [-0.2, 0) is 0 Å². The number of hydrogen-bond donors (Lipinski definition) is 1. The van der Waals surface area contributed by atoms with Crippen LogP contribution in [0.2, 0.25) is 5.15 Å². The third kappa shape index (κ3) is 3.66. The lowest BCUT2D eigenvalue weighted by Crippen LogP contribution is -2.43. The fourth-order valence-electron chi connectivity index (χ4n) is 2.45. The number of aromatic nitrogens is 2. The molecule has 3 N–H and O–H groups in total. The minimum Gasteiger partial charge on any atom is -0.412 e. The zero-order chi connectivity index (χ0) is 10.3. The number of fused-ring (bicyclic) bond motifs is 2. The highest BCUT2D eigenvalue weighted by molar-refractivity contribution is 6.29. The zero-order valence-electron chi connectivity index (χ0n) is 9.67. The van der Waals surface area contributed by atoms with Gasteiger partial charge in [-0.15, -0.1) is 29.9 Å². The van der Waals surface area contributed by atoms with Gasteiger partial charge in [0.25, 0.3) is 0 Å². The molecular formula is C10H17Cl3N4O. The van der Waals surface area contributed by atoms with Gasteiger partial charge < -0.3 is 5.48 Å².